The molecule has 0 radical (unpaired) electrons. The number of nitrogens with zero attached hydrogens (tertiary/aromatic N) is 4. The van der Waals surface area contributed by atoms with Crippen LogP contribution in [0.4, 0.5) is 36.4 Å². The Morgan fingerprint density at radius 3 is 2.27 bits per heavy atom. The zero-order chi connectivity index (χ0) is 18.9. The van der Waals surface area contributed by atoms with E-state index in [1.165, 1.54) is 12.1 Å². The van der Waals surface area contributed by atoms with Crippen molar-refractivity contribution in [3.63, 3.8) is 0 Å². The number of nitrogens with one attached hydrogen (secondary N) is 1. The molecule has 1 aliphatic rings. The molecule has 0 unspecified atom stereocenters. The van der Waals surface area contributed by atoms with Crippen LogP contribution in [0.15, 0.2) is 24.3 Å². The van der Waals surface area contributed by atoms with Gasteiger partial charge in [-0.2, -0.15) is 23.1 Å². The Morgan fingerprint density at radius 1 is 1.04 bits per heavy atom. The zero-order valence-electron chi connectivity index (χ0n) is 14.6. The first-order valence-electron chi connectivity index (χ1n) is 8.29. The van der Waals surface area contributed by atoms with Gasteiger partial charge in [-0.25, -0.2) is 0 Å². The summed E-state index contributed by atoms with van der Waals surface area (Å²) >= 11 is 0. The Hall–Kier alpha value is -2.71. The smallest absolute Gasteiger partial charge is 0.383 e. The molecule has 9 heteroatoms. The number of hydrogen-bond donors (Lipinski definition) is 2. The molecule has 1 aromatic heterocycles. The lowest BCUT2D eigenvalue weighted by Crippen LogP contribution is -2.47. The van der Waals surface area contributed by atoms with E-state index in [0.717, 1.165) is 11.6 Å². The summed E-state index contributed by atoms with van der Waals surface area (Å²) in [6, 6.07) is 5.66. The molecule has 140 valence electrons. The summed E-state index contributed by atoms with van der Waals surface area (Å²) in [5.41, 5.74) is 6.31. The predicted octanol–water partition coefficient (Wildman–Crippen LogP) is 2.75. The Morgan fingerprint density at radius 2 is 1.65 bits per heavy atom. The molecule has 1 saturated heterocycles. The topological polar surface area (TPSA) is 70.3 Å². The Kier molecular flexibility index (Phi) is 4.80. The average molecular weight is 366 g/mol. The largest absolute Gasteiger partial charge is 0.418 e. The standard InChI is InChI=1S/C17H21F3N6/c1-11-14(21)23-16(24-15(11)22-2)26-9-7-25(8-10-26)13-6-4-3-5-12(13)17(18,19)20/h3-6H,7-10H2,1-2H3,(H3,21,22,23,24). The monoisotopic (exact) mass is 366 g/mol. The number of rotatable bonds is 3. The lowest BCUT2D eigenvalue weighted by Gasteiger charge is -2.37. The van der Waals surface area contributed by atoms with Gasteiger partial charge < -0.3 is 20.9 Å². The van der Waals surface area contributed by atoms with Crippen LogP contribution in [0.3, 0.4) is 0 Å². The van der Waals surface area contributed by atoms with Crippen molar-refractivity contribution in [2.24, 2.45) is 0 Å². The van der Waals surface area contributed by atoms with Gasteiger partial charge in [-0.1, -0.05) is 12.1 Å². The van der Waals surface area contributed by atoms with Crippen LogP contribution in [0.1, 0.15) is 11.1 Å². The molecule has 3 N–H and O–H groups in total. The number of alkyl halides is 3. The van der Waals surface area contributed by atoms with E-state index < -0.39 is 11.7 Å². The van der Waals surface area contributed by atoms with Crippen LogP contribution in [-0.2, 0) is 6.18 Å². The van der Waals surface area contributed by atoms with Crippen LogP contribution >= 0.6 is 0 Å². The first kappa shape index (κ1) is 18.1. The van der Waals surface area contributed by atoms with E-state index in [2.05, 4.69) is 15.3 Å². The van der Waals surface area contributed by atoms with Crippen molar-refractivity contribution in [1.82, 2.24) is 9.97 Å². The molecule has 2 heterocycles. The second-order valence-corrected chi connectivity index (χ2v) is 6.12. The molecule has 0 bridgehead atoms. The third-order valence-corrected chi connectivity index (χ3v) is 4.52. The Labute approximate surface area is 149 Å². The molecule has 6 nitrogen and oxygen atoms in total. The third-order valence-electron chi connectivity index (χ3n) is 4.52. The lowest BCUT2D eigenvalue weighted by molar-refractivity contribution is -0.137. The van der Waals surface area contributed by atoms with Gasteiger partial charge in [-0.3, -0.25) is 0 Å². The van der Waals surface area contributed by atoms with E-state index in [9.17, 15) is 13.2 Å². The quantitative estimate of drug-likeness (QED) is 0.871. The van der Waals surface area contributed by atoms with Crippen LogP contribution in [0.5, 0.6) is 0 Å². The molecule has 1 aliphatic heterocycles. The summed E-state index contributed by atoms with van der Waals surface area (Å²) in [5.74, 6) is 1.53. The van der Waals surface area contributed by atoms with Gasteiger partial charge in [0, 0.05) is 44.5 Å². The minimum Gasteiger partial charge on any atom is -0.383 e. The van der Waals surface area contributed by atoms with Crippen molar-refractivity contribution < 1.29 is 13.2 Å². The number of anilines is 4. The van der Waals surface area contributed by atoms with Crippen molar-refractivity contribution in [2.45, 2.75) is 13.1 Å². The highest BCUT2D eigenvalue weighted by molar-refractivity contribution is 5.60. The molecule has 0 spiro atoms. The number of halogens is 3. The minimum absolute atomic E-state index is 0.208. The molecule has 0 saturated carbocycles. The van der Waals surface area contributed by atoms with Crippen molar-refractivity contribution in [3.05, 3.63) is 35.4 Å². The maximum Gasteiger partial charge on any atom is 0.418 e. The van der Waals surface area contributed by atoms with Gasteiger partial charge in [0.25, 0.3) is 0 Å². The number of nitrogens with two attached hydrogens (primary N) is 1. The highest BCUT2D eigenvalue weighted by atomic mass is 19.4. The predicted molar refractivity (Wildman–Crippen MR) is 96.6 cm³/mol. The zero-order valence-corrected chi connectivity index (χ0v) is 14.6. The maximum atomic E-state index is 13.2. The maximum absolute atomic E-state index is 13.2. The number of hydrogen-bond acceptors (Lipinski definition) is 6. The van der Waals surface area contributed by atoms with E-state index >= 15 is 0 Å². The fraction of sp³-hybridized carbons (Fsp3) is 0.412. The lowest BCUT2D eigenvalue weighted by atomic mass is 10.1. The fourth-order valence-corrected chi connectivity index (χ4v) is 3.04. The second kappa shape index (κ2) is 6.89. The molecule has 2 aromatic rings. The second-order valence-electron chi connectivity index (χ2n) is 6.12. The number of piperazine rings is 1. The summed E-state index contributed by atoms with van der Waals surface area (Å²) < 4.78 is 39.7. The summed E-state index contributed by atoms with van der Waals surface area (Å²) in [7, 11) is 1.75. The molecule has 3 rings (SSSR count). The van der Waals surface area contributed by atoms with Crippen molar-refractivity contribution in [1.29, 1.82) is 0 Å². The van der Waals surface area contributed by atoms with Crippen LogP contribution in [0, 0.1) is 6.92 Å². The molecule has 26 heavy (non-hydrogen) atoms. The van der Waals surface area contributed by atoms with Crippen LogP contribution in [-0.4, -0.2) is 43.2 Å². The van der Waals surface area contributed by atoms with E-state index in [-0.39, 0.29) is 5.69 Å². The highest BCUT2D eigenvalue weighted by Crippen LogP contribution is 2.36. The van der Waals surface area contributed by atoms with Gasteiger partial charge in [-0.05, 0) is 19.1 Å². The van der Waals surface area contributed by atoms with Gasteiger partial charge in [-0.15, -0.1) is 0 Å². The molecule has 0 aliphatic carbocycles. The first-order valence-corrected chi connectivity index (χ1v) is 8.29. The number of benzene rings is 1. The summed E-state index contributed by atoms with van der Waals surface area (Å²) in [6.45, 7) is 3.74. The van der Waals surface area contributed by atoms with Crippen LogP contribution in [0.2, 0.25) is 0 Å². The SMILES string of the molecule is CNc1nc(N2CCN(c3ccccc3C(F)(F)F)CC2)nc(N)c1C. The van der Waals surface area contributed by atoms with E-state index in [0.29, 0.717) is 43.8 Å². The summed E-state index contributed by atoms with van der Waals surface area (Å²) in [5, 5.41) is 2.98. The van der Waals surface area contributed by atoms with Crippen LogP contribution < -0.4 is 20.9 Å². The van der Waals surface area contributed by atoms with E-state index in [4.69, 9.17) is 5.73 Å². The summed E-state index contributed by atoms with van der Waals surface area (Å²) in [6.07, 6.45) is -4.37. The van der Waals surface area contributed by atoms with Crippen LogP contribution in [0.25, 0.3) is 0 Å². The van der Waals surface area contributed by atoms with Gasteiger partial charge in [0.05, 0.1) is 5.56 Å². The molecule has 0 amide bonds. The molecule has 1 aromatic carbocycles. The third kappa shape index (κ3) is 3.47. The summed E-state index contributed by atoms with van der Waals surface area (Å²) in [4.78, 5) is 12.4. The number of para-hydroxylation sites is 1. The number of nitrogen functional groups attached to an aromatic ring is 1. The minimum atomic E-state index is -4.37. The van der Waals surface area contributed by atoms with Gasteiger partial charge >= 0.3 is 6.18 Å². The van der Waals surface area contributed by atoms with Crippen molar-refractivity contribution in [2.75, 3.05) is 54.1 Å². The van der Waals surface area contributed by atoms with Gasteiger partial charge in [0.1, 0.15) is 11.6 Å². The molecular weight excluding hydrogens is 345 g/mol. The van der Waals surface area contributed by atoms with E-state index in [1.807, 2.05) is 11.8 Å². The van der Waals surface area contributed by atoms with E-state index in [1.54, 1.807) is 18.0 Å². The normalized spacial score (nSPS) is 15.3. The van der Waals surface area contributed by atoms with Gasteiger partial charge in [0.2, 0.25) is 5.95 Å². The van der Waals surface area contributed by atoms with Crippen molar-refractivity contribution in [3.8, 4) is 0 Å². The number of aromatic nitrogens is 2. The first-order chi connectivity index (χ1) is 12.3. The highest BCUT2D eigenvalue weighted by Gasteiger charge is 2.35. The Bertz CT molecular complexity index is 785. The average Bonchev–Trinajstić information content (AvgIpc) is 2.63. The van der Waals surface area contributed by atoms with Crippen molar-refractivity contribution >= 4 is 23.3 Å². The van der Waals surface area contributed by atoms with Gasteiger partial charge in [0.15, 0.2) is 0 Å². The molecular formula is C17H21F3N6. The fourth-order valence-electron chi connectivity index (χ4n) is 3.04. The molecule has 0 atom stereocenters. The Balaban J connectivity index is 1.78. The molecule has 1 fully saturated rings.